The molecule has 1 aliphatic heterocycles. The van der Waals surface area contributed by atoms with E-state index in [2.05, 4.69) is 6.92 Å². The van der Waals surface area contributed by atoms with Crippen molar-refractivity contribution in [2.24, 2.45) is 11.8 Å². The second-order valence-electron chi connectivity index (χ2n) is 4.75. The molecule has 0 aromatic carbocycles. The van der Waals surface area contributed by atoms with Gasteiger partial charge in [-0.05, 0) is 6.42 Å². The molecule has 1 rings (SSSR count). The molecule has 5 nitrogen and oxygen atoms in total. The summed E-state index contributed by atoms with van der Waals surface area (Å²) >= 11 is 0. The predicted octanol–water partition coefficient (Wildman–Crippen LogP) is 1.17. The van der Waals surface area contributed by atoms with Crippen LogP contribution in [-0.2, 0) is 35.6 Å². The second kappa shape index (κ2) is 8.31. The first-order valence-corrected chi connectivity index (χ1v) is 6.27. The summed E-state index contributed by atoms with van der Waals surface area (Å²) in [6.45, 7) is 7.73. The number of carbonyl (C=O) groups is 3. The number of amides is 2. The first kappa shape index (κ1) is 18.1. The first-order chi connectivity index (χ1) is 8.47. The quantitative estimate of drug-likeness (QED) is 0.243. The van der Waals surface area contributed by atoms with Gasteiger partial charge in [0.2, 0.25) is 11.8 Å². The molecule has 19 heavy (non-hydrogen) atoms. The van der Waals surface area contributed by atoms with E-state index in [-0.39, 0.29) is 59.1 Å². The zero-order valence-corrected chi connectivity index (χ0v) is 12.3. The number of hydrogen-bond donors (Lipinski definition) is 0. The summed E-state index contributed by atoms with van der Waals surface area (Å²) < 4.78 is 4.99. The van der Waals surface area contributed by atoms with Gasteiger partial charge in [-0.2, -0.15) is 6.42 Å². The molecule has 1 heterocycles. The van der Waals surface area contributed by atoms with Crippen LogP contribution < -0.4 is 0 Å². The fourth-order valence-electron chi connectivity index (χ4n) is 1.77. The summed E-state index contributed by atoms with van der Waals surface area (Å²) in [7, 11) is 0. The van der Waals surface area contributed by atoms with Crippen molar-refractivity contribution in [3.63, 3.8) is 0 Å². The van der Waals surface area contributed by atoms with Crippen LogP contribution in [0.15, 0.2) is 0 Å². The van der Waals surface area contributed by atoms with Crippen molar-refractivity contribution < 1.29 is 35.6 Å². The summed E-state index contributed by atoms with van der Waals surface area (Å²) in [6, 6.07) is 0. The average molecular weight is 313 g/mol. The fraction of sp³-hybridized carbons (Fsp3) is 0.692. The third-order valence-corrected chi connectivity index (χ3v) is 2.93. The number of carbonyl (C=O) groups excluding carboxylic acids is 3. The van der Waals surface area contributed by atoms with Crippen LogP contribution in [-0.4, -0.2) is 35.8 Å². The third kappa shape index (κ3) is 4.94. The number of likely N-dealkylation sites (tertiary alicyclic amines) is 1. The topological polar surface area (TPSA) is 63.7 Å². The van der Waals surface area contributed by atoms with E-state index >= 15 is 0 Å². The van der Waals surface area contributed by atoms with Crippen LogP contribution in [0, 0.1) is 18.8 Å². The molecule has 0 aromatic rings. The molecule has 1 aliphatic rings. The molecule has 112 valence electrons. The van der Waals surface area contributed by atoms with Gasteiger partial charge in [0.05, 0.1) is 12.5 Å². The standard InChI is InChI=1S/C13H20NO4.Ni/c1-4-10-8-11(15)14(12(10)16)6-5-7-18-13(17)9(2)3;/h9-10H,1,4-8H2,2-3H3;/q-1;. The van der Waals surface area contributed by atoms with E-state index in [9.17, 15) is 14.4 Å². The normalized spacial score (nSPS) is 18.7. The van der Waals surface area contributed by atoms with Crippen molar-refractivity contribution in [2.75, 3.05) is 13.2 Å². The summed E-state index contributed by atoms with van der Waals surface area (Å²) in [5.74, 6) is -0.981. The van der Waals surface area contributed by atoms with E-state index in [1.807, 2.05) is 0 Å². The number of nitrogens with zero attached hydrogens (tertiary/aromatic N) is 1. The Hall–Kier alpha value is -0.896. The maximum atomic E-state index is 11.7. The molecule has 0 radical (unpaired) electrons. The molecule has 1 saturated heterocycles. The molecule has 0 aliphatic carbocycles. The van der Waals surface area contributed by atoms with Crippen LogP contribution in [0.2, 0.25) is 0 Å². The van der Waals surface area contributed by atoms with Crippen LogP contribution in [0.3, 0.4) is 0 Å². The number of rotatable bonds is 6. The van der Waals surface area contributed by atoms with Crippen LogP contribution in [0.25, 0.3) is 0 Å². The molecule has 1 atom stereocenters. The van der Waals surface area contributed by atoms with Crippen molar-refractivity contribution in [1.82, 2.24) is 4.90 Å². The minimum absolute atomic E-state index is 0. The second-order valence-corrected chi connectivity index (χ2v) is 4.75. The average Bonchev–Trinajstić information content (AvgIpc) is 2.60. The molecule has 1 fully saturated rings. The molecule has 2 amide bonds. The van der Waals surface area contributed by atoms with Crippen molar-refractivity contribution in [3.05, 3.63) is 6.92 Å². The summed E-state index contributed by atoms with van der Waals surface area (Å²) in [6.07, 6.45) is 1.19. The van der Waals surface area contributed by atoms with Gasteiger partial charge in [0, 0.05) is 35.4 Å². The van der Waals surface area contributed by atoms with Gasteiger partial charge < -0.3 is 11.7 Å². The Bertz CT molecular complexity index is 344. The van der Waals surface area contributed by atoms with Crippen molar-refractivity contribution in [2.45, 2.75) is 33.1 Å². The molecule has 0 aromatic heterocycles. The number of hydrogen-bond acceptors (Lipinski definition) is 4. The predicted molar refractivity (Wildman–Crippen MR) is 65.2 cm³/mol. The van der Waals surface area contributed by atoms with E-state index in [1.165, 1.54) is 4.90 Å². The van der Waals surface area contributed by atoms with Gasteiger partial charge in [0.1, 0.15) is 0 Å². The molecule has 1 unspecified atom stereocenters. The SMILES string of the molecule is [CH2-]CC1CC(=O)N(CCCOC(=O)C(C)C)C1=O.[Ni]. The number of esters is 1. The van der Waals surface area contributed by atoms with Gasteiger partial charge in [0.15, 0.2) is 0 Å². The Morgan fingerprint density at radius 1 is 1.47 bits per heavy atom. The summed E-state index contributed by atoms with van der Waals surface area (Å²) in [4.78, 5) is 35.7. The fourth-order valence-corrected chi connectivity index (χ4v) is 1.77. The first-order valence-electron chi connectivity index (χ1n) is 6.27. The van der Waals surface area contributed by atoms with Gasteiger partial charge in [-0.1, -0.05) is 13.8 Å². The molecular weight excluding hydrogens is 293 g/mol. The molecule has 6 heteroatoms. The molecule has 0 saturated carbocycles. The van der Waals surface area contributed by atoms with Crippen molar-refractivity contribution in [1.29, 1.82) is 0 Å². The monoisotopic (exact) mass is 312 g/mol. The maximum Gasteiger partial charge on any atom is 0.308 e. The van der Waals surface area contributed by atoms with E-state index in [4.69, 9.17) is 4.74 Å². The zero-order valence-electron chi connectivity index (χ0n) is 11.3. The molecular formula is C13H20NNiO4-. The number of ether oxygens (including phenoxy) is 1. The van der Waals surface area contributed by atoms with Gasteiger partial charge in [0.25, 0.3) is 0 Å². The Balaban J connectivity index is 0.00000324. The zero-order chi connectivity index (χ0) is 13.7. The molecule has 0 N–H and O–H groups in total. The molecule has 0 bridgehead atoms. The van der Waals surface area contributed by atoms with E-state index in [1.54, 1.807) is 13.8 Å². The Morgan fingerprint density at radius 2 is 2.11 bits per heavy atom. The Morgan fingerprint density at radius 3 is 2.58 bits per heavy atom. The van der Waals surface area contributed by atoms with E-state index < -0.39 is 0 Å². The summed E-state index contributed by atoms with van der Waals surface area (Å²) in [5, 5.41) is 0. The smallest absolute Gasteiger partial charge is 0.308 e. The van der Waals surface area contributed by atoms with Gasteiger partial charge in [-0.3, -0.25) is 19.3 Å². The van der Waals surface area contributed by atoms with Crippen LogP contribution in [0.4, 0.5) is 0 Å². The minimum Gasteiger partial charge on any atom is -0.465 e. The number of imide groups is 1. The van der Waals surface area contributed by atoms with Gasteiger partial charge in [-0.25, -0.2) is 0 Å². The minimum atomic E-state index is -0.268. The van der Waals surface area contributed by atoms with E-state index in [0.29, 0.717) is 19.4 Å². The van der Waals surface area contributed by atoms with E-state index in [0.717, 1.165) is 0 Å². The summed E-state index contributed by atoms with van der Waals surface area (Å²) in [5.41, 5.74) is 0. The van der Waals surface area contributed by atoms with Crippen LogP contribution in [0.5, 0.6) is 0 Å². The molecule has 0 spiro atoms. The van der Waals surface area contributed by atoms with Crippen molar-refractivity contribution >= 4 is 17.8 Å². The van der Waals surface area contributed by atoms with Crippen LogP contribution >= 0.6 is 0 Å². The Labute approximate surface area is 124 Å². The largest absolute Gasteiger partial charge is 0.465 e. The van der Waals surface area contributed by atoms with Crippen LogP contribution in [0.1, 0.15) is 33.1 Å². The van der Waals surface area contributed by atoms with Crippen molar-refractivity contribution in [3.8, 4) is 0 Å². The van der Waals surface area contributed by atoms with Gasteiger partial charge >= 0.3 is 5.97 Å². The Kier molecular flexibility index (Phi) is 7.92. The van der Waals surface area contributed by atoms with Gasteiger partial charge in [-0.15, -0.1) is 0 Å². The third-order valence-electron chi connectivity index (χ3n) is 2.93. The maximum absolute atomic E-state index is 11.7.